The Hall–Kier alpha value is -1.83. The van der Waals surface area contributed by atoms with Gasteiger partial charge in [-0.25, -0.2) is 4.79 Å². The zero-order valence-electron chi connectivity index (χ0n) is 8.64. The number of carbonyl (C=O) groups excluding carboxylic acids is 1. The van der Waals surface area contributed by atoms with Crippen molar-refractivity contribution in [2.45, 2.75) is 6.04 Å². The third kappa shape index (κ3) is 2.31. The topological polar surface area (TPSA) is 71.7 Å². The largest absolute Gasteiger partial charge is 0.486 e. The summed E-state index contributed by atoms with van der Waals surface area (Å²) in [6, 6.07) is 4.36. The molecule has 1 unspecified atom stereocenters. The van der Waals surface area contributed by atoms with Crippen LogP contribution >= 0.6 is 15.9 Å². The van der Waals surface area contributed by atoms with Gasteiger partial charge >= 0.3 is 0 Å². The van der Waals surface area contributed by atoms with Crippen molar-refractivity contribution in [2.75, 3.05) is 13.2 Å². The van der Waals surface area contributed by atoms with Crippen LogP contribution in [0.3, 0.4) is 0 Å². The molecule has 1 aromatic carbocycles. The van der Waals surface area contributed by atoms with Gasteiger partial charge in [0.05, 0.1) is 10.5 Å². The molecule has 1 aliphatic rings. The fourth-order valence-electron chi connectivity index (χ4n) is 1.52. The van der Waals surface area contributed by atoms with Crippen molar-refractivity contribution >= 4 is 22.0 Å². The van der Waals surface area contributed by atoms with Gasteiger partial charge in [0.25, 0.3) is 0 Å². The highest BCUT2D eigenvalue weighted by Gasteiger charge is 2.19. The Morgan fingerprint density at radius 2 is 2.18 bits per heavy atom. The number of aliphatic imine (C=N–C) groups is 1. The van der Waals surface area contributed by atoms with Crippen molar-refractivity contribution in [1.82, 2.24) is 0 Å². The molecule has 0 saturated heterocycles. The van der Waals surface area contributed by atoms with E-state index in [-0.39, 0.29) is 0 Å². The van der Waals surface area contributed by atoms with Crippen molar-refractivity contribution in [2.24, 2.45) is 4.99 Å². The van der Waals surface area contributed by atoms with Crippen molar-refractivity contribution in [1.29, 1.82) is 5.26 Å². The van der Waals surface area contributed by atoms with Gasteiger partial charge in [-0.2, -0.15) is 10.3 Å². The van der Waals surface area contributed by atoms with Gasteiger partial charge in [0.15, 0.2) is 17.5 Å². The summed E-state index contributed by atoms with van der Waals surface area (Å²) in [5.41, 5.74) is 0.562. The molecule has 0 N–H and O–H groups in total. The summed E-state index contributed by atoms with van der Waals surface area (Å²) < 4.78 is 11.5. The summed E-state index contributed by atoms with van der Waals surface area (Å²) in [6.07, 6.45) is 1.38. The highest BCUT2D eigenvalue weighted by Crippen LogP contribution is 2.40. The van der Waals surface area contributed by atoms with Gasteiger partial charge in [-0.15, -0.1) is 0 Å². The Labute approximate surface area is 106 Å². The number of fused-ring (bicyclic) bond motifs is 1. The molecule has 17 heavy (non-hydrogen) atoms. The lowest BCUT2D eigenvalue weighted by molar-refractivity contribution is 0.170. The van der Waals surface area contributed by atoms with Gasteiger partial charge in [-0.1, -0.05) is 0 Å². The van der Waals surface area contributed by atoms with Crippen molar-refractivity contribution in [3.05, 3.63) is 22.2 Å². The van der Waals surface area contributed by atoms with Crippen LogP contribution in [0.1, 0.15) is 11.6 Å². The molecule has 6 heteroatoms. The predicted molar refractivity (Wildman–Crippen MR) is 61.6 cm³/mol. The van der Waals surface area contributed by atoms with Crippen LogP contribution in [0.5, 0.6) is 11.5 Å². The van der Waals surface area contributed by atoms with E-state index in [0.717, 1.165) is 0 Å². The smallest absolute Gasteiger partial charge is 0.236 e. The summed E-state index contributed by atoms with van der Waals surface area (Å²) in [6.45, 7) is 0.941. The molecule has 1 aromatic rings. The molecular formula is C11H7BrN2O3. The van der Waals surface area contributed by atoms with Crippen molar-refractivity contribution in [3.8, 4) is 17.6 Å². The van der Waals surface area contributed by atoms with Gasteiger partial charge in [0, 0.05) is 0 Å². The molecule has 0 radical (unpaired) electrons. The minimum Gasteiger partial charge on any atom is -0.486 e. The first kappa shape index (κ1) is 11.6. The Balaban J connectivity index is 2.47. The second kappa shape index (κ2) is 5.00. The van der Waals surface area contributed by atoms with Crippen molar-refractivity contribution < 1.29 is 14.3 Å². The van der Waals surface area contributed by atoms with Gasteiger partial charge in [0.2, 0.25) is 6.08 Å². The number of hydrogen-bond donors (Lipinski definition) is 0. The summed E-state index contributed by atoms with van der Waals surface area (Å²) in [5.74, 6) is 1.15. The highest BCUT2D eigenvalue weighted by atomic mass is 79.9. The van der Waals surface area contributed by atoms with E-state index in [1.807, 2.05) is 6.07 Å². The lowest BCUT2D eigenvalue weighted by Gasteiger charge is -2.20. The fraction of sp³-hybridized carbons (Fsp3) is 0.273. The van der Waals surface area contributed by atoms with Crippen LogP contribution in [-0.2, 0) is 4.79 Å². The Morgan fingerprint density at radius 1 is 1.41 bits per heavy atom. The average Bonchev–Trinajstić information content (AvgIpc) is 2.36. The van der Waals surface area contributed by atoms with E-state index in [1.54, 1.807) is 12.1 Å². The number of benzene rings is 1. The van der Waals surface area contributed by atoms with Gasteiger partial charge in [0.1, 0.15) is 13.2 Å². The summed E-state index contributed by atoms with van der Waals surface area (Å²) >= 11 is 3.33. The van der Waals surface area contributed by atoms with Crippen LogP contribution in [0, 0.1) is 11.3 Å². The molecule has 86 valence electrons. The third-order valence-corrected chi connectivity index (χ3v) is 2.83. The average molecular weight is 295 g/mol. The number of halogens is 1. The van der Waals surface area contributed by atoms with E-state index < -0.39 is 6.04 Å². The van der Waals surface area contributed by atoms with Crippen molar-refractivity contribution in [3.63, 3.8) is 0 Å². The molecule has 1 aliphatic heterocycles. The zero-order chi connectivity index (χ0) is 12.3. The van der Waals surface area contributed by atoms with Crippen LogP contribution in [0.15, 0.2) is 21.6 Å². The molecule has 0 spiro atoms. The minimum absolute atomic E-state index is 0.455. The molecule has 0 aromatic heterocycles. The molecule has 1 atom stereocenters. The predicted octanol–water partition coefficient (Wildman–Crippen LogP) is 2.12. The van der Waals surface area contributed by atoms with Gasteiger partial charge in [-0.05, 0) is 33.6 Å². The molecule has 0 bridgehead atoms. The summed E-state index contributed by atoms with van der Waals surface area (Å²) in [5, 5.41) is 8.90. The fourth-order valence-corrected chi connectivity index (χ4v) is 2.09. The number of hydrogen-bond acceptors (Lipinski definition) is 5. The normalized spacial score (nSPS) is 14.4. The lowest BCUT2D eigenvalue weighted by Crippen LogP contribution is -2.16. The van der Waals surface area contributed by atoms with E-state index in [4.69, 9.17) is 14.7 Å². The lowest BCUT2D eigenvalue weighted by atomic mass is 10.1. The maximum Gasteiger partial charge on any atom is 0.236 e. The summed E-state index contributed by atoms with van der Waals surface area (Å²) in [4.78, 5) is 13.6. The standard InChI is InChI=1S/C11H7BrN2O3/c12-8-3-7(9(5-13)14-6-15)4-10-11(8)17-2-1-16-10/h3-4,9H,1-2H2. The molecule has 0 aliphatic carbocycles. The maximum absolute atomic E-state index is 10.2. The Bertz CT molecular complexity index is 532. The second-order valence-electron chi connectivity index (χ2n) is 3.28. The third-order valence-electron chi connectivity index (χ3n) is 2.24. The van der Waals surface area contributed by atoms with Crippen LogP contribution in [0.4, 0.5) is 0 Å². The first-order valence-electron chi connectivity index (χ1n) is 4.82. The van der Waals surface area contributed by atoms with Crippen LogP contribution < -0.4 is 9.47 Å². The van der Waals surface area contributed by atoms with E-state index in [0.29, 0.717) is 34.7 Å². The molecule has 2 rings (SSSR count). The SMILES string of the molecule is N#CC(N=C=O)c1cc(Br)c2c(c1)OCCO2. The maximum atomic E-state index is 10.2. The highest BCUT2D eigenvalue weighted by molar-refractivity contribution is 9.10. The molecule has 0 amide bonds. The first-order valence-corrected chi connectivity index (χ1v) is 5.61. The molecule has 0 fully saturated rings. The second-order valence-corrected chi connectivity index (χ2v) is 4.13. The number of isocyanates is 1. The van der Waals surface area contributed by atoms with Gasteiger partial charge in [-0.3, -0.25) is 0 Å². The molecule has 1 heterocycles. The van der Waals surface area contributed by atoms with Crippen LogP contribution in [0.2, 0.25) is 0 Å². The van der Waals surface area contributed by atoms with E-state index >= 15 is 0 Å². The van der Waals surface area contributed by atoms with Crippen LogP contribution in [-0.4, -0.2) is 19.3 Å². The van der Waals surface area contributed by atoms with E-state index in [9.17, 15) is 4.79 Å². The number of nitrogens with zero attached hydrogens (tertiary/aromatic N) is 2. The Kier molecular flexibility index (Phi) is 3.43. The van der Waals surface area contributed by atoms with E-state index in [1.165, 1.54) is 6.08 Å². The molecule has 5 nitrogen and oxygen atoms in total. The molecular weight excluding hydrogens is 288 g/mol. The number of nitriles is 1. The van der Waals surface area contributed by atoms with Gasteiger partial charge < -0.3 is 9.47 Å². The molecule has 0 saturated carbocycles. The minimum atomic E-state index is -0.875. The van der Waals surface area contributed by atoms with E-state index in [2.05, 4.69) is 20.9 Å². The Morgan fingerprint density at radius 3 is 2.88 bits per heavy atom. The zero-order valence-corrected chi connectivity index (χ0v) is 10.2. The number of rotatable bonds is 2. The monoisotopic (exact) mass is 294 g/mol. The quantitative estimate of drug-likeness (QED) is 0.619. The van der Waals surface area contributed by atoms with Crippen LogP contribution in [0.25, 0.3) is 0 Å². The summed E-state index contributed by atoms with van der Waals surface area (Å²) in [7, 11) is 0. The number of ether oxygens (including phenoxy) is 2. The first-order chi connectivity index (χ1) is 8.26.